The normalized spacial score (nSPS) is 12.5. The predicted molar refractivity (Wildman–Crippen MR) is 78.7 cm³/mol. The lowest BCUT2D eigenvalue weighted by Crippen LogP contribution is -2.35. The Morgan fingerprint density at radius 3 is 2.53 bits per heavy atom. The van der Waals surface area contributed by atoms with E-state index in [1.807, 2.05) is 13.0 Å². The van der Waals surface area contributed by atoms with Crippen molar-refractivity contribution in [2.45, 2.75) is 33.7 Å². The molecule has 5 heteroatoms. The summed E-state index contributed by atoms with van der Waals surface area (Å²) >= 11 is 0. The maximum Gasteiger partial charge on any atom is 0.292 e. The van der Waals surface area contributed by atoms with Gasteiger partial charge in [-0.3, -0.25) is 10.1 Å². The molecule has 0 bridgehead atoms. The Morgan fingerprint density at radius 1 is 1.37 bits per heavy atom. The van der Waals surface area contributed by atoms with Gasteiger partial charge in [-0.2, -0.15) is 0 Å². The number of hydrogen-bond donors (Lipinski definition) is 1. The minimum absolute atomic E-state index is 0.145. The van der Waals surface area contributed by atoms with Crippen LogP contribution in [0.3, 0.4) is 0 Å². The number of aryl methyl sites for hydroxylation is 1. The van der Waals surface area contributed by atoms with Gasteiger partial charge in [-0.25, -0.2) is 0 Å². The Kier molecular flexibility index (Phi) is 5.76. The molecule has 0 aliphatic rings. The number of hydrogen-bond acceptors (Lipinski definition) is 4. The van der Waals surface area contributed by atoms with Crippen LogP contribution in [0.5, 0.6) is 0 Å². The molecule has 1 aromatic rings. The van der Waals surface area contributed by atoms with Crippen LogP contribution in [-0.2, 0) is 0 Å². The van der Waals surface area contributed by atoms with Crippen molar-refractivity contribution >= 4 is 11.4 Å². The van der Waals surface area contributed by atoms with E-state index in [-0.39, 0.29) is 16.7 Å². The monoisotopic (exact) mass is 265 g/mol. The number of likely N-dealkylation sites (N-methyl/N-ethyl adjacent to an activating group) is 1. The number of nitro benzene ring substituents is 1. The molecule has 1 N–H and O–H groups in total. The molecule has 0 fully saturated rings. The van der Waals surface area contributed by atoms with E-state index < -0.39 is 0 Å². The highest BCUT2D eigenvalue weighted by molar-refractivity contribution is 5.66. The molecule has 0 aromatic heterocycles. The number of anilines is 1. The molecule has 0 amide bonds. The van der Waals surface area contributed by atoms with Gasteiger partial charge < -0.3 is 10.2 Å². The van der Waals surface area contributed by atoms with Crippen LogP contribution in [0.2, 0.25) is 0 Å². The van der Waals surface area contributed by atoms with Crippen molar-refractivity contribution in [3.63, 3.8) is 0 Å². The van der Waals surface area contributed by atoms with Gasteiger partial charge in [0.05, 0.1) is 4.92 Å². The second-order valence-electron chi connectivity index (χ2n) is 4.76. The Labute approximate surface area is 114 Å². The van der Waals surface area contributed by atoms with E-state index in [9.17, 15) is 10.1 Å². The Morgan fingerprint density at radius 2 is 2.00 bits per heavy atom. The van der Waals surface area contributed by atoms with E-state index in [4.69, 9.17) is 0 Å². The Bertz CT molecular complexity index is 431. The lowest BCUT2D eigenvalue weighted by atomic mass is 10.1. The van der Waals surface area contributed by atoms with Gasteiger partial charge in [-0.15, -0.1) is 0 Å². The summed E-state index contributed by atoms with van der Waals surface area (Å²) in [5, 5.41) is 14.3. The zero-order valence-electron chi connectivity index (χ0n) is 12.1. The fourth-order valence-electron chi connectivity index (χ4n) is 2.15. The number of benzene rings is 1. The summed E-state index contributed by atoms with van der Waals surface area (Å²) in [4.78, 5) is 13.0. The average molecular weight is 265 g/mol. The molecule has 0 spiro atoms. The molecule has 1 aromatic carbocycles. The fraction of sp³-hybridized carbons (Fsp3) is 0.571. The number of rotatable bonds is 7. The number of para-hydroxylation sites is 1. The second-order valence-corrected chi connectivity index (χ2v) is 4.76. The number of nitrogens with zero attached hydrogens (tertiary/aromatic N) is 2. The maximum atomic E-state index is 11.0. The van der Waals surface area contributed by atoms with E-state index in [1.165, 1.54) is 0 Å². The maximum absolute atomic E-state index is 11.0. The molecule has 5 nitrogen and oxygen atoms in total. The smallest absolute Gasteiger partial charge is 0.292 e. The Hall–Kier alpha value is -1.62. The van der Waals surface area contributed by atoms with Crippen molar-refractivity contribution in [3.05, 3.63) is 33.9 Å². The second kappa shape index (κ2) is 7.09. The number of nitro groups is 1. The van der Waals surface area contributed by atoms with Gasteiger partial charge in [0.25, 0.3) is 5.69 Å². The van der Waals surface area contributed by atoms with Crippen LogP contribution in [0.4, 0.5) is 11.4 Å². The molecular formula is C14H23N3O2. The molecular weight excluding hydrogens is 242 g/mol. The summed E-state index contributed by atoms with van der Waals surface area (Å²) in [6.07, 6.45) is 0. The van der Waals surface area contributed by atoms with Crippen LogP contribution in [0.15, 0.2) is 18.2 Å². The summed E-state index contributed by atoms with van der Waals surface area (Å²) in [6.45, 7) is 11.0. The SMILES string of the molecule is CCN(CC)CC(C)Nc1c(C)cccc1[N+](=O)[O-]. The molecule has 1 unspecified atom stereocenters. The molecule has 0 saturated carbocycles. The van der Waals surface area contributed by atoms with Gasteiger partial charge in [0.15, 0.2) is 0 Å². The van der Waals surface area contributed by atoms with Gasteiger partial charge in [-0.1, -0.05) is 26.0 Å². The third-order valence-electron chi connectivity index (χ3n) is 3.26. The summed E-state index contributed by atoms with van der Waals surface area (Å²) in [7, 11) is 0. The molecule has 1 atom stereocenters. The molecule has 0 radical (unpaired) electrons. The van der Waals surface area contributed by atoms with Crippen LogP contribution < -0.4 is 5.32 Å². The van der Waals surface area contributed by atoms with Gasteiger partial charge in [-0.05, 0) is 32.5 Å². The molecule has 106 valence electrons. The summed E-state index contributed by atoms with van der Waals surface area (Å²) in [6, 6.07) is 5.31. The van der Waals surface area contributed by atoms with E-state index in [2.05, 4.69) is 31.0 Å². The van der Waals surface area contributed by atoms with E-state index >= 15 is 0 Å². The topological polar surface area (TPSA) is 58.4 Å². The van der Waals surface area contributed by atoms with E-state index in [1.54, 1.807) is 12.1 Å². The highest BCUT2D eigenvalue weighted by Gasteiger charge is 2.17. The molecule has 0 aliphatic carbocycles. The molecule has 19 heavy (non-hydrogen) atoms. The van der Waals surface area contributed by atoms with Crippen LogP contribution in [0.1, 0.15) is 26.3 Å². The minimum Gasteiger partial charge on any atom is -0.376 e. The fourth-order valence-corrected chi connectivity index (χ4v) is 2.15. The van der Waals surface area contributed by atoms with Crippen molar-refractivity contribution in [2.24, 2.45) is 0 Å². The van der Waals surface area contributed by atoms with Crippen molar-refractivity contribution < 1.29 is 4.92 Å². The first-order valence-corrected chi connectivity index (χ1v) is 6.72. The van der Waals surface area contributed by atoms with Crippen LogP contribution in [0, 0.1) is 17.0 Å². The summed E-state index contributed by atoms with van der Waals surface area (Å²) in [5.74, 6) is 0. The number of nitrogens with one attached hydrogen (secondary N) is 1. The Balaban J connectivity index is 2.84. The van der Waals surface area contributed by atoms with Gasteiger partial charge in [0.1, 0.15) is 5.69 Å². The first kappa shape index (κ1) is 15.4. The molecule has 0 aliphatic heterocycles. The third-order valence-corrected chi connectivity index (χ3v) is 3.26. The summed E-state index contributed by atoms with van der Waals surface area (Å²) in [5.41, 5.74) is 1.68. The van der Waals surface area contributed by atoms with Gasteiger partial charge >= 0.3 is 0 Å². The lowest BCUT2D eigenvalue weighted by molar-refractivity contribution is -0.384. The van der Waals surface area contributed by atoms with Crippen LogP contribution in [-0.4, -0.2) is 35.5 Å². The van der Waals surface area contributed by atoms with Crippen molar-refractivity contribution in [2.75, 3.05) is 25.0 Å². The minimum atomic E-state index is -0.334. The first-order valence-electron chi connectivity index (χ1n) is 6.72. The van der Waals surface area contributed by atoms with Crippen LogP contribution >= 0.6 is 0 Å². The van der Waals surface area contributed by atoms with Crippen molar-refractivity contribution in [3.8, 4) is 0 Å². The first-order chi connectivity index (χ1) is 8.99. The highest BCUT2D eigenvalue weighted by atomic mass is 16.6. The van der Waals surface area contributed by atoms with Crippen molar-refractivity contribution in [1.29, 1.82) is 0 Å². The van der Waals surface area contributed by atoms with E-state index in [0.29, 0.717) is 5.69 Å². The van der Waals surface area contributed by atoms with Crippen LogP contribution in [0.25, 0.3) is 0 Å². The zero-order valence-corrected chi connectivity index (χ0v) is 12.1. The summed E-state index contributed by atoms with van der Waals surface area (Å²) < 4.78 is 0. The van der Waals surface area contributed by atoms with Crippen molar-refractivity contribution in [1.82, 2.24) is 4.90 Å². The quantitative estimate of drug-likeness (QED) is 0.608. The van der Waals surface area contributed by atoms with Gasteiger partial charge in [0.2, 0.25) is 0 Å². The van der Waals surface area contributed by atoms with Gasteiger partial charge in [0, 0.05) is 18.7 Å². The molecule has 0 saturated heterocycles. The lowest BCUT2D eigenvalue weighted by Gasteiger charge is -2.24. The highest BCUT2D eigenvalue weighted by Crippen LogP contribution is 2.28. The predicted octanol–water partition coefficient (Wildman–Crippen LogP) is 3.05. The third kappa shape index (κ3) is 4.21. The van der Waals surface area contributed by atoms with E-state index in [0.717, 1.165) is 25.2 Å². The largest absolute Gasteiger partial charge is 0.376 e. The molecule has 1 rings (SSSR count). The standard InChI is InChI=1S/C14H23N3O2/c1-5-16(6-2)10-12(4)15-14-11(3)8-7-9-13(14)17(18)19/h7-9,12,15H,5-6,10H2,1-4H3. The zero-order chi connectivity index (χ0) is 14.4. The molecule has 0 heterocycles. The average Bonchev–Trinajstić information content (AvgIpc) is 2.38.